The van der Waals surface area contributed by atoms with Gasteiger partial charge in [-0.1, -0.05) is 24.3 Å². The van der Waals surface area contributed by atoms with E-state index in [1.54, 1.807) is 0 Å². The van der Waals surface area contributed by atoms with E-state index in [1.807, 2.05) is 6.92 Å². The summed E-state index contributed by atoms with van der Waals surface area (Å²) in [6.07, 6.45) is 1.56. The summed E-state index contributed by atoms with van der Waals surface area (Å²) in [5.41, 5.74) is 2.79. The van der Waals surface area contributed by atoms with Crippen LogP contribution in [-0.4, -0.2) is 12.4 Å². The summed E-state index contributed by atoms with van der Waals surface area (Å²) in [6, 6.07) is 8.58. The minimum Gasteiger partial charge on any atom is -0.350 e. The fourth-order valence-corrected chi connectivity index (χ4v) is 2.82. The van der Waals surface area contributed by atoms with E-state index in [1.165, 1.54) is 11.1 Å². The van der Waals surface area contributed by atoms with Crippen LogP contribution >= 0.6 is 0 Å². The summed E-state index contributed by atoms with van der Waals surface area (Å²) in [4.78, 5) is 0. The predicted octanol–water partition coefficient (Wildman–Crippen LogP) is 2.68. The Morgan fingerprint density at radius 3 is 2.80 bits per heavy atom. The highest BCUT2D eigenvalue weighted by Crippen LogP contribution is 2.44. The van der Waals surface area contributed by atoms with Gasteiger partial charge in [-0.15, -0.1) is 0 Å². The first-order valence-electron chi connectivity index (χ1n) is 5.64. The molecule has 0 spiro atoms. The Labute approximate surface area is 90.2 Å². The lowest BCUT2D eigenvalue weighted by molar-refractivity contribution is -0.254. The van der Waals surface area contributed by atoms with Gasteiger partial charge in [-0.05, 0) is 31.4 Å². The third kappa shape index (κ3) is 1.40. The maximum absolute atomic E-state index is 5.88. The molecule has 0 N–H and O–H groups in total. The molecule has 15 heavy (non-hydrogen) atoms. The van der Waals surface area contributed by atoms with Crippen molar-refractivity contribution >= 4 is 0 Å². The van der Waals surface area contributed by atoms with Crippen LogP contribution in [-0.2, 0) is 15.9 Å². The van der Waals surface area contributed by atoms with Crippen molar-refractivity contribution in [3.63, 3.8) is 0 Å². The second-order valence-corrected chi connectivity index (χ2v) is 4.53. The molecule has 1 aliphatic carbocycles. The molecule has 1 aromatic rings. The van der Waals surface area contributed by atoms with Crippen LogP contribution in [0.4, 0.5) is 0 Å². The Balaban J connectivity index is 1.98. The number of hydrogen-bond donors (Lipinski definition) is 0. The number of rotatable bonds is 0. The highest BCUT2D eigenvalue weighted by atomic mass is 16.7. The van der Waals surface area contributed by atoms with E-state index in [-0.39, 0.29) is 12.4 Å². The Hall–Kier alpha value is -0.860. The second-order valence-electron chi connectivity index (χ2n) is 4.53. The van der Waals surface area contributed by atoms with Crippen molar-refractivity contribution in [2.75, 3.05) is 0 Å². The first-order chi connectivity index (χ1) is 7.25. The van der Waals surface area contributed by atoms with Gasteiger partial charge in [-0.25, -0.2) is 0 Å². The van der Waals surface area contributed by atoms with Gasteiger partial charge in [0.05, 0.1) is 12.2 Å². The van der Waals surface area contributed by atoms with E-state index in [4.69, 9.17) is 9.47 Å². The molecule has 2 nitrogen and oxygen atoms in total. The largest absolute Gasteiger partial charge is 0.350 e. The molecule has 1 aliphatic heterocycles. The molecule has 1 heterocycles. The van der Waals surface area contributed by atoms with Gasteiger partial charge in [0.1, 0.15) is 0 Å². The minimum absolute atomic E-state index is 0.0765. The van der Waals surface area contributed by atoms with Crippen molar-refractivity contribution in [3.05, 3.63) is 35.4 Å². The maximum atomic E-state index is 5.88. The van der Waals surface area contributed by atoms with Crippen molar-refractivity contribution in [1.29, 1.82) is 0 Å². The topological polar surface area (TPSA) is 18.5 Å². The monoisotopic (exact) mass is 204 g/mol. The van der Waals surface area contributed by atoms with Gasteiger partial charge >= 0.3 is 0 Å². The smallest absolute Gasteiger partial charge is 0.156 e. The molecular weight excluding hydrogens is 188 g/mol. The minimum atomic E-state index is -0.0765. The Bertz CT molecular complexity index is 375. The average Bonchev–Trinajstić information content (AvgIpc) is 2.57. The zero-order valence-electron chi connectivity index (χ0n) is 9.14. The van der Waals surface area contributed by atoms with Crippen molar-refractivity contribution in [1.82, 2.24) is 0 Å². The SMILES string of the molecule is C[C@@H]1O[C@@H](C)[C@H]2Cc3ccccc3[C@H]2O1. The third-order valence-electron chi connectivity index (χ3n) is 3.55. The molecule has 0 radical (unpaired) electrons. The van der Waals surface area contributed by atoms with Crippen LogP contribution in [0.2, 0.25) is 0 Å². The first kappa shape index (κ1) is 9.37. The van der Waals surface area contributed by atoms with E-state index in [0.29, 0.717) is 12.0 Å². The predicted molar refractivity (Wildman–Crippen MR) is 57.5 cm³/mol. The Kier molecular flexibility index (Phi) is 2.08. The van der Waals surface area contributed by atoms with Gasteiger partial charge in [0.15, 0.2) is 6.29 Å². The average molecular weight is 204 g/mol. The van der Waals surface area contributed by atoms with Gasteiger partial charge < -0.3 is 9.47 Å². The van der Waals surface area contributed by atoms with Gasteiger partial charge in [0.2, 0.25) is 0 Å². The van der Waals surface area contributed by atoms with Crippen LogP contribution in [0.5, 0.6) is 0 Å². The molecule has 80 valence electrons. The molecule has 1 fully saturated rings. The van der Waals surface area contributed by atoms with Crippen molar-refractivity contribution in [2.24, 2.45) is 5.92 Å². The fourth-order valence-electron chi connectivity index (χ4n) is 2.82. The van der Waals surface area contributed by atoms with E-state index in [2.05, 4.69) is 31.2 Å². The maximum Gasteiger partial charge on any atom is 0.156 e. The molecule has 1 saturated heterocycles. The van der Waals surface area contributed by atoms with Crippen LogP contribution in [0.15, 0.2) is 24.3 Å². The molecule has 3 rings (SSSR count). The highest BCUT2D eigenvalue weighted by molar-refractivity contribution is 5.35. The van der Waals surface area contributed by atoms with Crippen LogP contribution in [0, 0.1) is 5.92 Å². The van der Waals surface area contributed by atoms with E-state index in [0.717, 1.165) is 6.42 Å². The zero-order valence-corrected chi connectivity index (χ0v) is 9.14. The molecule has 0 aromatic heterocycles. The molecule has 0 bridgehead atoms. The summed E-state index contributed by atoms with van der Waals surface area (Å²) in [5, 5.41) is 0. The molecule has 2 heteroatoms. The van der Waals surface area contributed by atoms with Gasteiger partial charge in [0.25, 0.3) is 0 Å². The highest BCUT2D eigenvalue weighted by Gasteiger charge is 2.41. The van der Waals surface area contributed by atoms with Crippen molar-refractivity contribution < 1.29 is 9.47 Å². The van der Waals surface area contributed by atoms with Gasteiger partial charge in [-0.2, -0.15) is 0 Å². The van der Waals surface area contributed by atoms with Gasteiger partial charge in [0, 0.05) is 5.92 Å². The first-order valence-corrected chi connectivity index (χ1v) is 5.64. The second kappa shape index (κ2) is 3.32. The van der Waals surface area contributed by atoms with Crippen LogP contribution in [0.25, 0.3) is 0 Å². The molecule has 2 aliphatic rings. The number of fused-ring (bicyclic) bond motifs is 3. The Morgan fingerprint density at radius 2 is 1.93 bits per heavy atom. The number of ether oxygens (including phenoxy) is 2. The summed E-state index contributed by atoms with van der Waals surface area (Å²) < 4.78 is 11.6. The summed E-state index contributed by atoms with van der Waals surface area (Å²) >= 11 is 0. The Morgan fingerprint density at radius 1 is 1.13 bits per heavy atom. The third-order valence-corrected chi connectivity index (χ3v) is 3.55. The molecule has 0 unspecified atom stereocenters. The summed E-state index contributed by atoms with van der Waals surface area (Å²) in [5.74, 6) is 0.499. The summed E-state index contributed by atoms with van der Waals surface area (Å²) in [6.45, 7) is 4.14. The lowest BCUT2D eigenvalue weighted by Crippen LogP contribution is -2.37. The lowest BCUT2D eigenvalue weighted by atomic mass is 9.96. The summed E-state index contributed by atoms with van der Waals surface area (Å²) in [7, 11) is 0. The van der Waals surface area contributed by atoms with Gasteiger partial charge in [-0.3, -0.25) is 0 Å². The van der Waals surface area contributed by atoms with E-state index in [9.17, 15) is 0 Å². The van der Waals surface area contributed by atoms with E-state index < -0.39 is 0 Å². The normalized spacial score (nSPS) is 38.5. The van der Waals surface area contributed by atoms with Crippen molar-refractivity contribution in [3.8, 4) is 0 Å². The van der Waals surface area contributed by atoms with Crippen LogP contribution in [0.3, 0.4) is 0 Å². The zero-order chi connectivity index (χ0) is 10.4. The molecule has 0 amide bonds. The molecular formula is C13H16O2. The molecule has 4 atom stereocenters. The fraction of sp³-hybridized carbons (Fsp3) is 0.538. The van der Waals surface area contributed by atoms with Crippen molar-refractivity contribution in [2.45, 2.75) is 38.8 Å². The van der Waals surface area contributed by atoms with Crippen LogP contribution in [0.1, 0.15) is 31.1 Å². The number of hydrogen-bond acceptors (Lipinski definition) is 2. The number of benzene rings is 1. The quantitative estimate of drug-likeness (QED) is 0.647. The standard InChI is InChI=1S/C13H16O2/c1-8-12-7-10-5-3-4-6-11(10)13(12)15-9(2)14-8/h3-6,8-9,12-13H,7H2,1-2H3/t8-,9+,12+,13+/m0/s1. The molecule has 1 aromatic carbocycles. The molecule has 0 saturated carbocycles. The lowest BCUT2D eigenvalue weighted by Gasteiger charge is -2.36. The van der Waals surface area contributed by atoms with E-state index >= 15 is 0 Å². The van der Waals surface area contributed by atoms with Crippen LogP contribution < -0.4 is 0 Å².